The van der Waals surface area contributed by atoms with Gasteiger partial charge in [-0.3, -0.25) is 4.79 Å². The summed E-state index contributed by atoms with van der Waals surface area (Å²) < 4.78 is 4.90. The minimum atomic E-state index is -0.398. The van der Waals surface area contributed by atoms with E-state index in [2.05, 4.69) is 10.6 Å². The molecule has 0 saturated heterocycles. The number of ether oxygens (including phenoxy) is 1. The van der Waals surface area contributed by atoms with Crippen molar-refractivity contribution in [2.24, 2.45) is 0 Å². The van der Waals surface area contributed by atoms with Gasteiger partial charge in [-0.2, -0.15) is 0 Å². The van der Waals surface area contributed by atoms with Crippen LogP contribution in [0.1, 0.15) is 22.8 Å². The van der Waals surface area contributed by atoms with E-state index in [0.29, 0.717) is 24.4 Å². The van der Waals surface area contributed by atoms with Crippen molar-refractivity contribution >= 4 is 34.8 Å². The normalized spacial score (nSPS) is 9.88. The molecule has 0 atom stereocenters. The maximum atomic E-state index is 12.0. The molecule has 124 valence electrons. The molecule has 2 N–H and O–H groups in total. The maximum Gasteiger partial charge on any atom is 0.338 e. The molecule has 5 nitrogen and oxygen atoms in total. The van der Waals surface area contributed by atoms with Gasteiger partial charge in [-0.05, 0) is 36.8 Å². The number of hydrogen-bond acceptors (Lipinski definition) is 4. The Morgan fingerprint density at radius 1 is 1.04 bits per heavy atom. The fourth-order valence-electron chi connectivity index (χ4n) is 1.95. The van der Waals surface area contributed by atoms with Gasteiger partial charge in [0.25, 0.3) is 5.91 Å². The summed E-state index contributed by atoms with van der Waals surface area (Å²) in [4.78, 5) is 23.7. The first-order chi connectivity index (χ1) is 11.6. The van der Waals surface area contributed by atoms with Crippen LogP contribution >= 0.6 is 12.2 Å². The predicted octanol–water partition coefficient (Wildman–Crippen LogP) is 2.92. The third kappa shape index (κ3) is 5.17. The molecule has 0 spiro atoms. The van der Waals surface area contributed by atoms with E-state index < -0.39 is 11.9 Å². The second-order valence-electron chi connectivity index (χ2n) is 4.92. The molecule has 0 bridgehead atoms. The Hall–Kier alpha value is -2.73. The van der Waals surface area contributed by atoms with Crippen LogP contribution in [0, 0.1) is 0 Å². The predicted molar refractivity (Wildman–Crippen MR) is 96.9 cm³/mol. The zero-order chi connectivity index (χ0) is 17.4. The number of hydrogen-bond donors (Lipinski definition) is 2. The molecule has 1 amide bonds. The Morgan fingerprint density at radius 2 is 1.71 bits per heavy atom. The lowest BCUT2D eigenvalue weighted by Crippen LogP contribution is -2.33. The zero-order valence-electron chi connectivity index (χ0n) is 13.2. The van der Waals surface area contributed by atoms with Crippen LogP contribution in [0.15, 0.2) is 54.6 Å². The van der Waals surface area contributed by atoms with Gasteiger partial charge in [0.05, 0.1) is 12.2 Å². The van der Waals surface area contributed by atoms with Crippen LogP contribution in [0.25, 0.3) is 0 Å². The molecule has 2 aromatic rings. The van der Waals surface area contributed by atoms with Gasteiger partial charge >= 0.3 is 5.97 Å². The SMILES string of the molecule is CCOC(=O)c1ccc(NC(=O)C(=S)NCc2ccccc2)cc1. The van der Waals surface area contributed by atoms with Crippen molar-refractivity contribution in [1.82, 2.24) is 5.32 Å². The lowest BCUT2D eigenvalue weighted by Gasteiger charge is -2.09. The number of carbonyl (C=O) groups is 2. The lowest BCUT2D eigenvalue weighted by atomic mass is 10.2. The molecule has 2 rings (SSSR count). The molecule has 0 heterocycles. The first kappa shape index (κ1) is 17.6. The van der Waals surface area contributed by atoms with Gasteiger partial charge in [0.2, 0.25) is 0 Å². The van der Waals surface area contributed by atoms with Gasteiger partial charge in [-0.1, -0.05) is 42.5 Å². The number of esters is 1. The third-order valence-corrected chi connectivity index (χ3v) is 3.49. The number of benzene rings is 2. The third-order valence-electron chi connectivity index (χ3n) is 3.16. The first-order valence-corrected chi connectivity index (χ1v) is 7.91. The monoisotopic (exact) mass is 342 g/mol. The van der Waals surface area contributed by atoms with Crippen LogP contribution in [0.3, 0.4) is 0 Å². The van der Waals surface area contributed by atoms with Gasteiger partial charge in [-0.25, -0.2) is 4.79 Å². The van der Waals surface area contributed by atoms with Gasteiger partial charge in [0.1, 0.15) is 0 Å². The Bertz CT molecular complexity index is 715. The molecular formula is C18H18N2O3S. The molecule has 0 aromatic heterocycles. The van der Waals surface area contributed by atoms with Crippen molar-refractivity contribution in [3.05, 3.63) is 65.7 Å². The molecule has 0 aliphatic rings. The average molecular weight is 342 g/mol. The van der Waals surface area contributed by atoms with Gasteiger partial charge < -0.3 is 15.4 Å². The van der Waals surface area contributed by atoms with E-state index in [1.807, 2.05) is 30.3 Å². The standard InChI is InChI=1S/C18H18N2O3S/c1-2-23-18(22)14-8-10-15(11-9-14)20-16(21)17(24)19-12-13-6-4-3-5-7-13/h3-11H,2,12H2,1H3,(H,19,24)(H,20,21). The minimum Gasteiger partial charge on any atom is -0.462 e. The van der Waals surface area contributed by atoms with E-state index in [4.69, 9.17) is 17.0 Å². The van der Waals surface area contributed by atoms with Crippen LogP contribution in [0.5, 0.6) is 0 Å². The van der Waals surface area contributed by atoms with E-state index in [1.165, 1.54) is 0 Å². The summed E-state index contributed by atoms with van der Waals surface area (Å²) in [6, 6.07) is 16.1. The van der Waals surface area contributed by atoms with Crippen LogP contribution in [0.2, 0.25) is 0 Å². The summed E-state index contributed by atoms with van der Waals surface area (Å²) in [7, 11) is 0. The molecule has 0 saturated carbocycles. The Kier molecular flexibility index (Phi) is 6.45. The van der Waals surface area contributed by atoms with Crippen molar-refractivity contribution < 1.29 is 14.3 Å². The summed E-state index contributed by atoms with van der Waals surface area (Å²) >= 11 is 5.08. The molecule has 24 heavy (non-hydrogen) atoms. The van der Waals surface area contributed by atoms with Crippen LogP contribution < -0.4 is 10.6 Å². The maximum absolute atomic E-state index is 12.0. The number of thiocarbonyl (C=S) groups is 1. The van der Waals surface area contributed by atoms with Crippen LogP contribution in [-0.4, -0.2) is 23.5 Å². The van der Waals surface area contributed by atoms with Crippen molar-refractivity contribution in [2.75, 3.05) is 11.9 Å². The van der Waals surface area contributed by atoms with Crippen molar-refractivity contribution in [1.29, 1.82) is 0 Å². The molecule has 0 aliphatic carbocycles. The number of rotatable bonds is 5. The molecule has 0 fully saturated rings. The quantitative estimate of drug-likeness (QED) is 0.646. The van der Waals surface area contributed by atoms with Gasteiger partial charge in [-0.15, -0.1) is 0 Å². The Labute approximate surface area is 146 Å². The van der Waals surface area contributed by atoms with E-state index in [0.717, 1.165) is 5.56 Å². The number of anilines is 1. The fourth-order valence-corrected chi connectivity index (χ4v) is 2.07. The second kappa shape index (κ2) is 8.79. The van der Waals surface area contributed by atoms with Crippen molar-refractivity contribution in [3.63, 3.8) is 0 Å². The molecule has 2 aromatic carbocycles. The summed E-state index contributed by atoms with van der Waals surface area (Å²) in [6.45, 7) is 2.55. The van der Waals surface area contributed by atoms with E-state index in [9.17, 15) is 9.59 Å². The summed E-state index contributed by atoms with van der Waals surface area (Å²) in [5.74, 6) is -0.791. The zero-order valence-corrected chi connectivity index (χ0v) is 14.1. The second-order valence-corrected chi connectivity index (χ2v) is 5.33. The average Bonchev–Trinajstić information content (AvgIpc) is 2.61. The van der Waals surface area contributed by atoms with Crippen LogP contribution in [0.4, 0.5) is 5.69 Å². The molecule has 0 aliphatic heterocycles. The summed E-state index contributed by atoms with van der Waals surface area (Å²) in [5, 5.41) is 5.59. The van der Waals surface area contributed by atoms with E-state index >= 15 is 0 Å². The molecule has 0 radical (unpaired) electrons. The molecule has 0 unspecified atom stereocenters. The summed E-state index contributed by atoms with van der Waals surface area (Å²) in [6.07, 6.45) is 0. The largest absolute Gasteiger partial charge is 0.462 e. The van der Waals surface area contributed by atoms with Gasteiger partial charge in [0.15, 0.2) is 4.99 Å². The highest BCUT2D eigenvalue weighted by Gasteiger charge is 2.10. The van der Waals surface area contributed by atoms with Crippen molar-refractivity contribution in [3.8, 4) is 0 Å². The van der Waals surface area contributed by atoms with E-state index in [1.54, 1.807) is 31.2 Å². The van der Waals surface area contributed by atoms with E-state index in [-0.39, 0.29) is 4.99 Å². The Morgan fingerprint density at radius 3 is 2.33 bits per heavy atom. The van der Waals surface area contributed by atoms with Gasteiger partial charge in [0, 0.05) is 12.2 Å². The smallest absolute Gasteiger partial charge is 0.338 e. The minimum absolute atomic E-state index is 0.105. The Balaban J connectivity index is 1.87. The highest BCUT2D eigenvalue weighted by Crippen LogP contribution is 2.10. The molecule has 6 heteroatoms. The fraction of sp³-hybridized carbons (Fsp3) is 0.167. The number of carbonyl (C=O) groups excluding carboxylic acids is 2. The highest BCUT2D eigenvalue weighted by molar-refractivity contribution is 7.82. The lowest BCUT2D eigenvalue weighted by molar-refractivity contribution is -0.110. The van der Waals surface area contributed by atoms with Crippen molar-refractivity contribution in [2.45, 2.75) is 13.5 Å². The number of nitrogens with one attached hydrogen (secondary N) is 2. The summed E-state index contributed by atoms with van der Waals surface area (Å²) in [5.41, 5.74) is 2.02. The number of amides is 1. The highest BCUT2D eigenvalue weighted by atomic mass is 32.1. The first-order valence-electron chi connectivity index (χ1n) is 7.50. The molecular weight excluding hydrogens is 324 g/mol. The van der Waals surface area contributed by atoms with Crippen LogP contribution in [-0.2, 0) is 16.1 Å². The topological polar surface area (TPSA) is 67.4 Å².